The van der Waals surface area contributed by atoms with Gasteiger partial charge in [0.1, 0.15) is 0 Å². The number of pyridine rings is 1. The summed E-state index contributed by atoms with van der Waals surface area (Å²) in [5.74, 6) is 1.63. The molecule has 1 unspecified atom stereocenters. The quantitative estimate of drug-likeness (QED) is 0.388. The number of hydrogen-bond acceptors (Lipinski definition) is 5. The molecule has 0 aliphatic carbocycles. The summed E-state index contributed by atoms with van der Waals surface area (Å²) in [6.45, 7) is 10.6. The first kappa shape index (κ1) is 22.2. The minimum atomic E-state index is 0. The average Bonchev–Trinajstić information content (AvgIpc) is 3.14. The lowest BCUT2D eigenvalue weighted by atomic mass is 10.2. The third-order valence-corrected chi connectivity index (χ3v) is 4.84. The van der Waals surface area contributed by atoms with E-state index in [1.54, 1.807) is 0 Å². The maximum Gasteiger partial charge on any atom is 0.213 e. The van der Waals surface area contributed by atoms with E-state index in [-0.39, 0.29) is 30.1 Å². The second-order valence-electron chi connectivity index (χ2n) is 7.11. The first-order chi connectivity index (χ1) is 12.7. The van der Waals surface area contributed by atoms with Crippen LogP contribution in [0.15, 0.2) is 23.3 Å². The van der Waals surface area contributed by atoms with E-state index >= 15 is 0 Å². The molecule has 8 heteroatoms. The van der Waals surface area contributed by atoms with E-state index in [1.807, 2.05) is 39.2 Å². The van der Waals surface area contributed by atoms with Crippen LogP contribution in [0.3, 0.4) is 0 Å². The van der Waals surface area contributed by atoms with Crippen LogP contribution in [0.25, 0.3) is 0 Å². The van der Waals surface area contributed by atoms with E-state index in [2.05, 4.69) is 25.1 Å². The zero-order chi connectivity index (χ0) is 18.4. The fourth-order valence-corrected chi connectivity index (χ4v) is 3.51. The molecule has 2 aliphatic heterocycles. The molecular formula is C19H32IN5O2. The van der Waals surface area contributed by atoms with Crippen LogP contribution in [-0.4, -0.2) is 79.3 Å². The molecule has 0 radical (unpaired) electrons. The molecule has 0 amide bonds. The molecule has 0 bridgehead atoms. The Morgan fingerprint density at radius 1 is 1.33 bits per heavy atom. The number of nitrogens with zero attached hydrogens (tertiary/aromatic N) is 4. The normalized spacial score (nSPS) is 21.3. The van der Waals surface area contributed by atoms with Crippen molar-refractivity contribution in [3.8, 4) is 5.88 Å². The number of nitrogens with one attached hydrogen (secondary N) is 1. The smallest absolute Gasteiger partial charge is 0.213 e. The maximum absolute atomic E-state index is 5.59. The molecule has 1 atom stereocenters. The van der Waals surface area contributed by atoms with Gasteiger partial charge in [0.05, 0.1) is 19.3 Å². The van der Waals surface area contributed by atoms with Crippen LogP contribution >= 0.6 is 24.0 Å². The van der Waals surface area contributed by atoms with Gasteiger partial charge in [-0.3, -0.25) is 9.89 Å². The van der Waals surface area contributed by atoms with Crippen molar-refractivity contribution in [3.63, 3.8) is 0 Å². The summed E-state index contributed by atoms with van der Waals surface area (Å²) in [6.07, 6.45) is 3.18. The number of aromatic nitrogens is 1. The molecular weight excluding hydrogens is 457 g/mol. The van der Waals surface area contributed by atoms with Gasteiger partial charge in [0.15, 0.2) is 5.96 Å². The number of guanidine groups is 1. The van der Waals surface area contributed by atoms with Crippen molar-refractivity contribution in [3.05, 3.63) is 23.9 Å². The fraction of sp³-hybridized carbons (Fsp3) is 0.684. The van der Waals surface area contributed by atoms with E-state index < -0.39 is 0 Å². The number of ether oxygens (including phenoxy) is 2. The molecule has 1 N–H and O–H groups in total. The van der Waals surface area contributed by atoms with Crippen LogP contribution in [-0.2, 0) is 11.3 Å². The molecule has 7 nitrogen and oxygen atoms in total. The Morgan fingerprint density at radius 3 is 2.74 bits per heavy atom. The van der Waals surface area contributed by atoms with Crippen molar-refractivity contribution in [2.45, 2.75) is 39.0 Å². The van der Waals surface area contributed by atoms with Crippen molar-refractivity contribution in [2.75, 3.05) is 46.4 Å². The van der Waals surface area contributed by atoms with Crippen molar-refractivity contribution in [2.24, 2.45) is 4.99 Å². The molecule has 27 heavy (non-hydrogen) atoms. The first-order valence-corrected chi connectivity index (χ1v) is 9.54. The second-order valence-corrected chi connectivity index (χ2v) is 7.11. The van der Waals surface area contributed by atoms with Gasteiger partial charge in [-0.25, -0.2) is 4.98 Å². The Bertz CT molecular complexity index is 590. The highest BCUT2D eigenvalue weighted by atomic mass is 127. The molecule has 1 aromatic rings. The van der Waals surface area contributed by atoms with Crippen molar-refractivity contribution in [1.29, 1.82) is 0 Å². The Kier molecular flexibility index (Phi) is 9.04. The number of morpholine rings is 1. The van der Waals surface area contributed by atoms with Crippen LogP contribution in [0.4, 0.5) is 0 Å². The summed E-state index contributed by atoms with van der Waals surface area (Å²) in [5.41, 5.74) is 1.12. The number of rotatable bonds is 5. The number of likely N-dealkylation sites (tertiary alicyclic amines) is 1. The summed E-state index contributed by atoms with van der Waals surface area (Å²) < 4.78 is 11.1. The Hall–Kier alpha value is -1.13. The molecule has 2 fully saturated rings. The van der Waals surface area contributed by atoms with Gasteiger partial charge in [-0.05, 0) is 25.8 Å². The standard InChI is InChI=1S/C19H31N5O2.HI/c1-15(2)26-18-5-4-16(12-21-18)13-22-19(20-3)24-7-6-17(14-24)23-8-10-25-11-9-23;/h4-5,12,15,17H,6-11,13-14H2,1-3H3,(H,20,22);1H. The monoisotopic (exact) mass is 489 g/mol. The van der Waals surface area contributed by atoms with Crippen LogP contribution in [0.2, 0.25) is 0 Å². The highest BCUT2D eigenvalue weighted by Crippen LogP contribution is 2.17. The summed E-state index contributed by atoms with van der Waals surface area (Å²) in [7, 11) is 1.85. The Morgan fingerprint density at radius 2 is 2.11 bits per heavy atom. The van der Waals surface area contributed by atoms with E-state index in [0.717, 1.165) is 50.9 Å². The van der Waals surface area contributed by atoms with Gasteiger partial charge in [0.25, 0.3) is 0 Å². The van der Waals surface area contributed by atoms with Gasteiger partial charge in [0, 0.05) is 58.1 Å². The van der Waals surface area contributed by atoms with Gasteiger partial charge >= 0.3 is 0 Å². The van der Waals surface area contributed by atoms with Crippen LogP contribution in [0.1, 0.15) is 25.8 Å². The van der Waals surface area contributed by atoms with E-state index in [4.69, 9.17) is 9.47 Å². The molecule has 0 aromatic carbocycles. The van der Waals surface area contributed by atoms with Crippen molar-refractivity contribution in [1.82, 2.24) is 20.1 Å². The average molecular weight is 489 g/mol. The molecule has 152 valence electrons. The highest BCUT2D eigenvalue weighted by molar-refractivity contribution is 14.0. The van der Waals surface area contributed by atoms with Gasteiger partial charge in [0.2, 0.25) is 5.88 Å². The third-order valence-electron chi connectivity index (χ3n) is 4.84. The number of aliphatic imine (C=N–C) groups is 1. The molecule has 3 heterocycles. The third kappa shape index (κ3) is 6.46. The Labute approximate surface area is 179 Å². The summed E-state index contributed by atoms with van der Waals surface area (Å²) in [6, 6.07) is 4.57. The largest absolute Gasteiger partial charge is 0.475 e. The zero-order valence-electron chi connectivity index (χ0n) is 16.6. The SMILES string of the molecule is CN=C(NCc1ccc(OC(C)C)nc1)N1CCC(N2CCOCC2)C1.I. The fourth-order valence-electron chi connectivity index (χ4n) is 3.51. The molecule has 0 spiro atoms. The lowest BCUT2D eigenvalue weighted by Crippen LogP contribution is -2.46. The van der Waals surface area contributed by atoms with Crippen LogP contribution in [0, 0.1) is 0 Å². The maximum atomic E-state index is 5.59. The summed E-state index contributed by atoms with van der Waals surface area (Å²) >= 11 is 0. The molecule has 0 saturated carbocycles. The predicted octanol–water partition coefficient (Wildman–Crippen LogP) is 1.97. The lowest BCUT2D eigenvalue weighted by Gasteiger charge is -2.32. The summed E-state index contributed by atoms with van der Waals surface area (Å²) in [5, 5.41) is 3.46. The van der Waals surface area contributed by atoms with Gasteiger partial charge in [-0.15, -0.1) is 24.0 Å². The van der Waals surface area contributed by atoms with Crippen LogP contribution < -0.4 is 10.1 Å². The summed E-state index contributed by atoms with van der Waals surface area (Å²) in [4.78, 5) is 13.7. The van der Waals surface area contributed by atoms with E-state index in [9.17, 15) is 0 Å². The Balaban J connectivity index is 0.00000261. The lowest BCUT2D eigenvalue weighted by molar-refractivity contribution is 0.0195. The highest BCUT2D eigenvalue weighted by Gasteiger charge is 2.30. The van der Waals surface area contributed by atoms with Crippen molar-refractivity contribution >= 4 is 29.9 Å². The number of halogens is 1. The van der Waals surface area contributed by atoms with Crippen LogP contribution in [0.5, 0.6) is 5.88 Å². The minimum Gasteiger partial charge on any atom is -0.475 e. The van der Waals surface area contributed by atoms with E-state index in [0.29, 0.717) is 18.5 Å². The zero-order valence-corrected chi connectivity index (χ0v) is 18.9. The molecule has 3 rings (SSSR count). The van der Waals surface area contributed by atoms with Crippen molar-refractivity contribution < 1.29 is 9.47 Å². The molecule has 1 aromatic heterocycles. The second kappa shape index (κ2) is 11.0. The van der Waals surface area contributed by atoms with Gasteiger partial charge < -0.3 is 19.7 Å². The molecule has 2 saturated heterocycles. The number of hydrogen-bond donors (Lipinski definition) is 1. The van der Waals surface area contributed by atoms with Gasteiger partial charge in [-0.1, -0.05) is 6.07 Å². The topological polar surface area (TPSA) is 62.2 Å². The van der Waals surface area contributed by atoms with Gasteiger partial charge in [-0.2, -0.15) is 0 Å². The van der Waals surface area contributed by atoms with E-state index in [1.165, 1.54) is 6.42 Å². The first-order valence-electron chi connectivity index (χ1n) is 9.54. The minimum absolute atomic E-state index is 0. The molecule has 2 aliphatic rings. The predicted molar refractivity (Wildman–Crippen MR) is 118 cm³/mol.